The summed E-state index contributed by atoms with van der Waals surface area (Å²) in [6.45, 7) is 2.90. The fraction of sp³-hybridized carbons (Fsp3) is 0.500. The van der Waals surface area contributed by atoms with Gasteiger partial charge in [0.2, 0.25) is 0 Å². The zero-order valence-corrected chi connectivity index (χ0v) is 5.70. The minimum atomic E-state index is 0.748. The van der Waals surface area contributed by atoms with Crippen LogP contribution in [0.3, 0.4) is 0 Å². The maximum Gasteiger partial charge on any atom is 0.0217 e. The molecule has 0 bridgehead atoms. The van der Waals surface area contributed by atoms with Gasteiger partial charge in [0, 0.05) is 25.4 Å². The molecule has 0 aliphatic rings. The van der Waals surface area contributed by atoms with Crippen LogP contribution in [0.2, 0.25) is 0 Å². The van der Waals surface area contributed by atoms with E-state index in [0.717, 1.165) is 19.4 Å². The van der Waals surface area contributed by atoms with Gasteiger partial charge in [-0.2, -0.15) is 0 Å². The van der Waals surface area contributed by atoms with E-state index in [-0.39, 0.29) is 0 Å². The largest absolute Gasteiger partial charge is 0.346 e. The molecule has 0 aromatic heterocycles. The maximum absolute atomic E-state index is 5.01. The molecule has 9 heavy (non-hydrogen) atoms. The summed E-state index contributed by atoms with van der Waals surface area (Å²) in [5.41, 5.74) is 0. The molecule has 0 rings (SSSR count). The lowest BCUT2D eigenvalue weighted by molar-refractivity contribution is 0.948. The van der Waals surface area contributed by atoms with E-state index in [2.05, 4.69) is 23.2 Å². The number of unbranched alkanes of at least 4 members (excludes halogenated alkanes) is 1. The van der Waals surface area contributed by atoms with Crippen LogP contribution in [0.1, 0.15) is 19.8 Å². The second-order valence-corrected chi connectivity index (χ2v) is 1.54. The van der Waals surface area contributed by atoms with Crippen molar-refractivity contribution < 1.29 is 0 Å². The van der Waals surface area contributed by atoms with E-state index in [9.17, 15) is 0 Å². The highest BCUT2D eigenvalue weighted by atomic mass is 14.8. The van der Waals surface area contributed by atoms with Crippen LogP contribution in [0.5, 0.6) is 0 Å². The molecule has 0 unspecified atom stereocenters. The van der Waals surface area contributed by atoms with Gasteiger partial charge >= 0.3 is 0 Å². The smallest absolute Gasteiger partial charge is 0.0217 e. The summed E-state index contributed by atoms with van der Waals surface area (Å²) in [5.74, 6) is 5.40. The molecule has 0 aromatic rings. The molecule has 0 radical (unpaired) electrons. The van der Waals surface area contributed by atoms with Crippen molar-refractivity contribution in [3.63, 3.8) is 0 Å². The zero-order valence-electron chi connectivity index (χ0n) is 5.70. The Bertz CT molecular complexity index is 142. The Morgan fingerprint density at radius 3 is 2.78 bits per heavy atom. The summed E-state index contributed by atoms with van der Waals surface area (Å²) >= 11 is 0. The van der Waals surface area contributed by atoms with E-state index in [1.807, 2.05) is 6.92 Å². The lowest BCUT2D eigenvalue weighted by atomic mass is 10.3. The van der Waals surface area contributed by atoms with E-state index in [0.29, 0.717) is 0 Å². The SMILES string of the molecule is C#CCCC#CNCC. The molecular weight excluding hydrogens is 110 g/mol. The Morgan fingerprint density at radius 1 is 1.44 bits per heavy atom. The van der Waals surface area contributed by atoms with Crippen molar-refractivity contribution in [1.29, 1.82) is 0 Å². The Hall–Kier alpha value is -1.08. The quantitative estimate of drug-likeness (QED) is 0.326. The molecule has 0 spiro atoms. The average molecular weight is 121 g/mol. The number of nitrogens with one attached hydrogen (secondary N) is 1. The van der Waals surface area contributed by atoms with Gasteiger partial charge < -0.3 is 5.32 Å². The highest BCUT2D eigenvalue weighted by molar-refractivity contribution is 4.99. The number of rotatable bonds is 2. The molecule has 48 valence electrons. The van der Waals surface area contributed by atoms with Gasteiger partial charge in [0.1, 0.15) is 0 Å². The summed E-state index contributed by atoms with van der Waals surface area (Å²) in [6.07, 6.45) is 6.55. The highest BCUT2D eigenvalue weighted by Gasteiger charge is 1.70. The van der Waals surface area contributed by atoms with Gasteiger partial charge in [-0.1, -0.05) is 5.92 Å². The normalized spacial score (nSPS) is 6.67. The Morgan fingerprint density at radius 2 is 2.22 bits per heavy atom. The van der Waals surface area contributed by atoms with Crippen molar-refractivity contribution in [3.8, 4) is 24.3 Å². The Labute approximate surface area is 56.8 Å². The third-order valence-electron chi connectivity index (χ3n) is 0.748. The molecule has 1 nitrogen and oxygen atoms in total. The highest BCUT2D eigenvalue weighted by Crippen LogP contribution is 1.79. The summed E-state index contributed by atoms with van der Waals surface area (Å²) in [5, 5.41) is 2.88. The topological polar surface area (TPSA) is 12.0 Å². The Balaban J connectivity index is 3.08. The molecule has 0 atom stereocenters. The van der Waals surface area contributed by atoms with Crippen molar-refractivity contribution in [3.05, 3.63) is 0 Å². The molecule has 0 saturated heterocycles. The summed E-state index contributed by atoms with van der Waals surface area (Å²) < 4.78 is 0. The minimum absolute atomic E-state index is 0.748. The molecule has 0 amide bonds. The van der Waals surface area contributed by atoms with E-state index in [4.69, 9.17) is 6.42 Å². The van der Waals surface area contributed by atoms with Crippen molar-refractivity contribution in [1.82, 2.24) is 5.32 Å². The van der Waals surface area contributed by atoms with Gasteiger partial charge in [0.15, 0.2) is 0 Å². The first-order chi connectivity index (χ1) is 4.41. The molecule has 1 N–H and O–H groups in total. The van der Waals surface area contributed by atoms with Crippen LogP contribution in [-0.4, -0.2) is 6.54 Å². The first-order valence-electron chi connectivity index (χ1n) is 3.06. The third kappa shape index (κ3) is 6.92. The van der Waals surface area contributed by atoms with Crippen molar-refractivity contribution >= 4 is 0 Å². The first-order valence-corrected chi connectivity index (χ1v) is 3.06. The predicted molar refractivity (Wildman–Crippen MR) is 39.5 cm³/mol. The molecule has 0 aliphatic heterocycles. The first kappa shape index (κ1) is 7.92. The van der Waals surface area contributed by atoms with Crippen LogP contribution in [0.25, 0.3) is 0 Å². The molecule has 0 heterocycles. The van der Waals surface area contributed by atoms with Gasteiger partial charge in [0.25, 0.3) is 0 Å². The van der Waals surface area contributed by atoms with E-state index in [1.165, 1.54) is 0 Å². The molecule has 0 aliphatic carbocycles. The molecule has 0 fully saturated rings. The van der Waals surface area contributed by atoms with Gasteiger partial charge in [-0.15, -0.1) is 12.3 Å². The Kier molecular flexibility index (Phi) is 6.09. The van der Waals surface area contributed by atoms with Gasteiger partial charge in [-0.3, -0.25) is 0 Å². The standard InChI is InChI=1S/C8H11N/c1-3-5-6-7-8-9-4-2/h1,9H,4-6H2,2H3. The van der Waals surface area contributed by atoms with Crippen LogP contribution < -0.4 is 5.32 Å². The summed E-state index contributed by atoms with van der Waals surface area (Å²) in [7, 11) is 0. The monoisotopic (exact) mass is 121 g/mol. The fourth-order valence-corrected chi connectivity index (χ4v) is 0.348. The lowest BCUT2D eigenvalue weighted by Crippen LogP contribution is -2.01. The predicted octanol–water partition coefficient (Wildman–Crippen LogP) is 0.970. The van der Waals surface area contributed by atoms with Crippen LogP contribution in [0.4, 0.5) is 0 Å². The summed E-state index contributed by atoms with van der Waals surface area (Å²) in [4.78, 5) is 0. The number of hydrogen-bond acceptors (Lipinski definition) is 1. The molecular formula is C8H11N. The fourth-order valence-electron chi connectivity index (χ4n) is 0.348. The van der Waals surface area contributed by atoms with Crippen LogP contribution in [0.15, 0.2) is 0 Å². The molecule has 0 saturated carbocycles. The number of terminal acetylenes is 1. The van der Waals surface area contributed by atoms with Crippen LogP contribution in [-0.2, 0) is 0 Å². The van der Waals surface area contributed by atoms with Crippen molar-refractivity contribution in [2.75, 3.05) is 6.54 Å². The summed E-state index contributed by atoms with van der Waals surface area (Å²) in [6, 6.07) is 2.77. The minimum Gasteiger partial charge on any atom is -0.346 e. The van der Waals surface area contributed by atoms with Crippen molar-refractivity contribution in [2.45, 2.75) is 19.8 Å². The van der Waals surface area contributed by atoms with E-state index >= 15 is 0 Å². The molecule has 0 aromatic carbocycles. The second kappa shape index (κ2) is 6.92. The number of hydrogen-bond donors (Lipinski definition) is 1. The second-order valence-electron chi connectivity index (χ2n) is 1.54. The van der Waals surface area contributed by atoms with Gasteiger partial charge in [-0.25, -0.2) is 0 Å². The third-order valence-corrected chi connectivity index (χ3v) is 0.748. The molecule has 1 heteroatoms. The average Bonchev–Trinajstić information content (AvgIpc) is 1.89. The van der Waals surface area contributed by atoms with E-state index in [1.54, 1.807) is 0 Å². The van der Waals surface area contributed by atoms with Crippen LogP contribution >= 0.6 is 0 Å². The van der Waals surface area contributed by atoms with Gasteiger partial charge in [0.05, 0.1) is 0 Å². The van der Waals surface area contributed by atoms with Crippen molar-refractivity contribution in [2.24, 2.45) is 0 Å². The van der Waals surface area contributed by atoms with Gasteiger partial charge in [-0.05, 0) is 6.92 Å². The zero-order chi connectivity index (χ0) is 6.95. The van der Waals surface area contributed by atoms with E-state index < -0.39 is 0 Å². The lowest BCUT2D eigenvalue weighted by Gasteiger charge is -1.83. The maximum atomic E-state index is 5.01. The van der Waals surface area contributed by atoms with Crippen LogP contribution in [0, 0.1) is 24.3 Å².